The molecule has 4 nitrogen and oxygen atoms in total. The van der Waals surface area contributed by atoms with Gasteiger partial charge in [0, 0.05) is 16.0 Å². The highest BCUT2D eigenvalue weighted by Gasteiger charge is 2.13. The molecular formula is C18H14ClN3O. The molecule has 0 atom stereocenters. The first kappa shape index (κ1) is 14.0. The van der Waals surface area contributed by atoms with Crippen LogP contribution >= 0.6 is 11.6 Å². The van der Waals surface area contributed by atoms with Crippen molar-refractivity contribution in [2.75, 3.05) is 7.11 Å². The molecule has 0 radical (unpaired) electrons. The Hall–Kier alpha value is -2.59. The van der Waals surface area contributed by atoms with Crippen LogP contribution in [0.3, 0.4) is 0 Å². The zero-order valence-corrected chi connectivity index (χ0v) is 13.5. The van der Waals surface area contributed by atoms with Gasteiger partial charge in [-0.3, -0.25) is 4.40 Å². The van der Waals surface area contributed by atoms with Crippen molar-refractivity contribution in [1.29, 1.82) is 0 Å². The second-order valence-electron chi connectivity index (χ2n) is 5.43. The van der Waals surface area contributed by atoms with Crippen LogP contribution in [0.25, 0.3) is 27.9 Å². The number of fused-ring (bicyclic) bond motifs is 3. The van der Waals surface area contributed by atoms with Gasteiger partial charge in [-0.25, -0.2) is 0 Å². The van der Waals surface area contributed by atoms with Gasteiger partial charge in [-0.15, -0.1) is 10.2 Å². The molecule has 0 fully saturated rings. The van der Waals surface area contributed by atoms with Crippen molar-refractivity contribution in [3.8, 4) is 17.1 Å². The Morgan fingerprint density at radius 2 is 1.78 bits per heavy atom. The van der Waals surface area contributed by atoms with E-state index in [-0.39, 0.29) is 0 Å². The number of hydrogen-bond donors (Lipinski definition) is 0. The third-order valence-electron chi connectivity index (χ3n) is 4.01. The van der Waals surface area contributed by atoms with Crippen LogP contribution in [0.4, 0.5) is 0 Å². The Morgan fingerprint density at radius 3 is 2.52 bits per heavy atom. The maximum Gasteiger partial charge on any atom is 0.168 e. The van der Waals surface area contributed by atoms with E-state index in [0.717, 1.165) is 44.3 Å². The molecule has 0 aliphatic carbocycles. The van der Waals surface area contributed by atoms with Gasteiger partial charge in [-0.1, -0.05) is 11.6 Å². The van der Waals surface area contributed by atoms with Crippen LogP contribution in [0, 0.1) is 6.92 Å². The molecule has 0 unspecified atom stereocenters. The average molecular weight is 324 g/mol. The van der Waals surface area contributed by atoms with E-state index in [0.29, 0.717) is 0 Å². The zero-order chi connectivity index (χ0) is 16.0. The molecule has 23 heavy (non-hydrogen) atoms. The molecule has 2 aromatic carbocycles. The number of ether oxygens (including phenoxy) is 1. The molecule has 0 spiro atoms. The maximum atomic E-state index is 6.15. The molecule has 0 amide bonds. The summed E-state index contributed by atoms with van der Waals surface area (Å²) in [5, 5.41) is 10.5. The molecule has 0 bridgehead atoms. The van der Waals surface area contributed by atoms with Gasteiger partial charge in [-0.2, -0.15) is 0 Å². The molecule has 4 aromatic rings. The highest BCUT2D eigenvalue weighted by Crippen LogP contribution is 2.28. The van der Waals surface area contributed by atoms with Crippen LogP contribution in [0.5, 0.6) is 5.75 Å². The van der Waals surface area contributed by atoms with Crippen LogP contribution < -0.4 is 4.74 Å². The fourth-order valence-electron chi connectivity index (χ4n) is 2.84. The van der Waals surface area contributed by atoms with Crippen LogP contribution in [0.15, 0.2) is 48.5 Å². The lowest BCUT2D eigenvalue weighted by atomic mass is 10.1. The molecule has 2 aromatic heterocycles. The first-order valence-corrected chi connectivity index (χ1v) is 7.63. The lowest BCUT2D eigenvalue weighted by molar-refractivity contribution is 0.415. The molecule has 2 heterocycles. The molecule has 0 N–H and O–H groups in total. The summed E-state index contributed by atoms with van der Waals surface area (Å²) < 4.78 is 7.27. The molecule has 0 saturated heterocycles. The Kier molecular flexibility index (Phi) is 3.20. The second-order valence-corrected chi connectivity index (χ2v) is 5.87. The minimum absolute atomic E-state index is 0.721. The number of nitrogens with zero attached hydrogens (tertiary/aromatic N) is 3. The summed E-state index contributed by atoms with van der Waals surface area (Å²) in [6.07, 6.45) is 0. The van der Waals surface area contributed by atoms with E-state index in [1.54, 1.807) is 7.11 Å². The summed E-state index contributed by atoms with van der Waals surface area (Å²) in [6.45, 7) is 2.06. The third kappa shape index (κ3) is 2.23. The van der Waals surface area contributed by atoms with E-state index in [2.05, 4.69) is 21.5 Å². The standard InChI is InChI=1S/C18H14ClN3O/c1-11-9-17-20-21-18(12-3-6-14(23-2)7-4-12)22(17)16-8-5-13(19)10-15(11)16/h3-10H,1-2H3. The minimum Gasteiger partial charge on any atom is -0.497 e. The monoisotopic (exact) mass is 323 g/mol. The van der Waals surface area contributed by atoms with Gasteiger partial charge in [0.15, 0.2) is 11.5 Å². The lowest BCUT2D eigenvalue weighted by Gasteiger charge is -2.08. The van der Waals surface area contributed by atoms with Crippen LogP contribution in [0.2, 0.25) is 5.02 Å². The molecule has 0 aliphatic rings. The SMILES string of the molecule is COc1ccc(-c2nnc3cc(C)c4cc(Cl)ccc4n23)cc1. The Labute approximate surface area is 138 Å². The smallest absolute Gasteiger partial charge is 0.168 e. The quantitative estimate of drug-likeness (QED) is 0.544. The highest BCUT2D eigenvalue weighted by molar-refractivity contribution is 6.31. The Morgan fingerprint density at radius 1 is 1.00 bits per heavy atom. The van der Waals surface area contributed by atoms with Crippen LogP contribution in [0.1, 0.15) is 5.56 Å². The van der Waals surface area contributed by atoms with Crippen molar-refractivity contribution in [2.24, 2.45) is 0 Å². The summed E-state index contributed by atoms with van der Waals surface area (Å²) in [6, 6.07) is 15.7. The predicted molar refractivity (Wildman–Crippen MR) is 92.2 cm³/mol. The topological polar surface area (TPSA) is 39.4 Å². The van der Waals surface area contributed by atoms with E-state index >= 15 is 0 Å². The summed E-state index contributed by atoms with van der Waals surface area (Å²) in [4.78, 5) is 0. The number of aromatic nitrogens is 3. The fourth-order valence-corrected chi connectivity index (χ4v) is 3.02. The Bertz CT molecular complexity index is 1020. The van der Waals surface area contributed by atoms with Gasteiger partial charge in [0.25, 0.3) is 0 Å². The van der Waals surface area contributed by atoms with E-state index in [1.165, 1.54) is 0 Å². The van der Waals surface area contributed by atoms with Gasteiger partial charge in [0.2, 0.25) is 0 Å². The number of hydrogen-bond acceptors (Lipinski definition) is 3. The summed E-state index contributed by atoms with van der Waals surface area (Å²) >= 11 is 6.15. The highest BCUT2D eigenvalue weighted by atomic mass is 35.5. The number of halogens is 1. The summed E-state index contributed by atoms with van der Waals surface area (Å²) in [5.74, 6) is 1.62. The summed E-state index contributed by atoms with van der Waals surface area (Å²) in [7, 11) is 1.65. The normalized spacial score (nSPS) is 11.3. The number of benzene rings is 2. The van der Waals surface area contributed by atoms with Gasteiger partial charge >= 0.3 is 0 Å². The van der Waals surface area contributed by atoms with E-state index in [9.17, 15) is 0 Å². The first-order chi connectivity index (χ1) is 11.2. The third-order valence-corrected chi connectivity index (χ3v) is 4.24. The predicted octanol–water partition coefficient (Wildman–Crippen LogP) is 4.52. The van der Waals surface area contributed by atoms with Gasteiger partial charge in [-0.05, 0) is 61.0 Å². The lowest BCUT2D eigenvalue weighted by Crippen LogP contribution is -1.94. The van der Waals surface area contributed by atoms with Gasteiger partial charge in [0.1, 0.15) is 5.75 Å². The van der Waals surface area contributed by atoms with Crippen LogP contribution in [-0.2, 0) is 0 Å². The molecular weight excluding hydrogens is 310 g/mol. The minimum atomic E-state index is 0.721. The molecule has 4 rings (SSSR count). The van der Waals surface area contributed by atoms with Crippen molar-refractivity contribution in [3.63, 3.8) is 0 Å². The number of rotatable bonds is 2. The molecule has 5 heteroatoms. The Balaban J connectivity index is 2.04. The fraction of sp³-hybridized carbons (Fsp3) is 0.111. The molecule has 0 aliphatic heterocycles. The molecule has 0 saturated carbocycles. The number of pyridine rings is 1. The zero-order valence-electron chi connectivity index (χ0n) is 12.7. The first-order valence-electron chi connectivity index (χ1n) is 7.26. The van der Waals surface area contributed by atoms with Gasteiger partial charge < -0.3 is 4.74 Å². The van der Waals surface area contributed by atoms with Gasteiger partial charge in [0.05, 0.1) is 12.6 Å². The van der Waals surface area contributed by atoms with Crippen molar-refractivity contribution < 1.29 is 4.74 Å². The van der Waals surface area contributed by atoms with E-state index in [1.807, 2.05) is 48.5 Å². The maximum absolute atomic E-state index is 6.15. The number of methoxy groups -OCH3 is 1. The van der Waals surface area contributed by atoms with E-state index in [4.69, 9.17) is 16.3 Å². The summed E-state index contributed by atoms with van der Waals surface area (Å²) in [5.41, 5.74) is 3.98. The van der Waals surface area contributed by atoms with Crippen molar-refractivity contribution in [2.45, 2.75) is 6.92 Å². The molecule has 114 valence electrons. The van der Waals surface area contributed by atoms with Crippen molar-refractivity contribution in [1.82, 2.24) is 14.6 Å². The average Bonchev–Trinajstić information content (AvgIpc) is 2.99. The van der Waals surface area contributed by atoms with Crippen molar-refractivity contribution >= 4 is 28.2 Å². The van der Waals surface area contributed by atoms with Crippen molar-refractivity contribution in [3.05, 3.63) is 59.1 Å². The van der Waals surface area contributed by atoms with E-state index < -0.39 is 0 Å². The van der Waals surface area contributed by atoms with Crippen LogP contribution in [-0.4, -0.2) is 21.7 Å². The largest absolute Gasteiger partial charge is 0.497 e. The number of aryl methyl sites for hydroxylation is 1. The second kappa shape index (κ2) is 5.25.